The lowest BCUT2D eigenvalue weighted by Crippen LogP contribution is -2.27. The van der Waals surface area contributed by atoms with Gasteiger partial charge in [-0.3, -0.25) is 0 Å². The van der Waals surface area contributed by atoms with Crippen LogP contribution < -0.4 is 14.2 Å². The van der Waals surface area contributed by atoms with E-state index in [0.717, 1.165) is 6.42 Å². The van der Waals surface area contributed by atoms with Gasteiger partial charge >= 0.3 is 0 Å². The summed E-state index contributed by atoms with van der Waals surface area (Å²) in [5.41, 5.74) is 0. The van der Waals surface area contributed by atoms with Gasteiger partial charge in [0.25, 0.3) is 0 Å². The van der Waals surface area contributed by atoms with Crippen LogP contribution in [0.15, 0.2) is 40.6 Å². The highest BCUT2D eigenvalue weighted by Crippen LogP contribution is 2.44. The van der Waals surface area contributed by atoms with Gasteiger partial charge in [0.15, 0.2) is 0 Å². The van der Waals surface area contributed by atoms with Gasteiger partial charge in [-0.2, -0.15) is 0 Å². The fourth-order valence-electron chi connectivity index (χ4n) is 2.40. The largest absolute Gasteiger partial charge is 0.497 e. The van der Waals surface area contributed by atoms with E-state index >= 15 is 0 Å². The molecule has 1 heterocycles. The van der Waals surface area contributed by atoms with E-state index in [1.807, 2.05) is 17.5 Å². The van der Waals surface area contributed by atoms with Crippen LogP contribution in [-0.4, -0.2) is 28.7 Å². The molecular weight excluding hydrogens is 322 g/mol. The predicted molar refractivity (Wildman–Crippen MR) is 85.3 cm³/mol. The van der Waals surface area contributed by atoms with Crippen LogP contribution in [0, 0.1) is 0 Å². The summed E-state index contributed by atoms with van der Waals surface area (Å²) >= 11 is 1.66. The second-order valence-electron chi connectivity index (χ2n) is 5.10. The average Bonchev–Trinajstić information content (AvgIpc) is 3.04. The minimum Gasteiger partial charge on any atom is -0.497 e. The van der Waals surface area contributed by atoms with Gasteiger partial charge in [-0.1, -0.05) is 6.07 Å². The molecule has 0 amide bonds. The molecular formula is C15H17NO4S2. The summed E-state index contributed by atoms with van der Waals surface area (Å²) in [7, 11) is -0.646. The maximum absolute atomic E-state index is 12.5. The molecule has 1 fully saturated rings. The molecule has 5 nitrogen and oxygen atoms in total. The summed E-state index contributed by atoms with van der Waals surface area (Å²) in [6.45, 7) is 0. The SMILES string of the molecule is COc1ccc(S(=O)(=O)NC2CC2c2cccs2)c(OC)c1. The molecule has 1 aliphatic rings. The van der Waals surface area contributed by atoms with E-state index in [0.29, 0.717) is 5.75 Å². The fraction of sp³-hybridized carbons (Fsp3) is 0.333. The molecule has 1 aromatic heterocycles. The topological polar surface area (TPSA) is 64.6 Å². The summed E-state index contributed by atoms with van der Waals surface area (Å²) in [6, 6.07) is 8.66. The summed E-state index contributed by atoms with van der Waals surface area (Å²) < 4.78 is 38.1. The molecule has 0 bridgehead atoms. The summed E-state index contributed by atoms with van der Waals surface area (Å²) in [6.07, 6.45) is 0.832. The predicted octanol–water partition coefficient (Wildman–Crippen LogP) is 2.60. The molecule has 2 aromatic rings. The summed E-state index contributed by atoms with van der Waals surface area (Å²) in [5.74, 6) is 1.11. The van der Waals surface area contributed by atoms with E-state index in [2.05, 4.69) is 4.72 Å². The second-order valence-corrected chi connectivity index (χ2v) is 7.76. The highest BCUT2D eigenvalue weighted by molar-refractivity contribution is 7.89. The number of methoxy groups -OCH3 is 2. The minimum absolute atomic E-state index is 0.0459. The third kappa shape index (κ3) is 2.97. The molecule has 118 valence electrons. The van der Waals surface area contributed by atoms with Crippen LogP contribution in [-0.2, 0) is 10.0 Å². The highest BCUT2D eigenvalue weighted by atomic mass is 32.2. The van der Waals surface area contributed by atoms with E-state index in [4.69, 9.17) is 9.47 Å². The van der Waals surface area contributed by atoms with Gasteiger partial charge in [0.2, 0.25) is 10.0 Å². The Morgan fingerprint density at radius 3 is 2.68 bits per heavy atom. The molecule has 0 spiro atoms. The van der Waals surface area contributed by atoms with Gasteiger partial charge in [-0.15, -0.1) is 11.3 Å². The Kier molecular flexibility index (Phi) is 4.12. The number of ether oxygens (including phenoxy) is 2. The van der Waals surface area contributed by atoms with Gasteiger partial charge < -0.3 is 9.47 Å². The molecule has 2 atom stereocenters. The molecule has 3 rings (SSSR count). The van der Waals surface area contributed by atoms with E-state index in [-0.39, 0.29) is 22.6 Å². The number of thiophene rings is 1. The van der Waals surface area contributed by atoms with Crippen LogP contribution in [0.3, 0.4) is 0 Å². The molecule has 0 saturated heterocycles. The third-order valence-corrected chi connectivity index (χ3v) is 6.20. The lowest BCUT2D eigenvalue weighted by Gasteiger charge is -2.11. The monoisotopic (exact) mass is 339 g/mol. The number of rotatable bonds is 6. The van der Waals surface area contributed by atoms with E-state index in [9.17, 15) is 8.42 Å². The van der Waals surface area contributed by atoms with Crippen molar-refractivity contribution in [1.29, 1.82) is 0 Å². The van der Waals surface area contributed by atoms with Crippen molar-refractivity contribution in [1.82, 2.24) is 4.72 Å². The van der Waals surface area contributed by atoms with Gasteiger partial charge in [-0.25, -0.2) is 13.1 Å². The molecule has 0 radical (unpaired) electrons. The Hall–Kier alpha value is -1.57. The summed E-state index contributed by atoms with van der Waals surface area (Å²) in [5, 5.41) is 2.01. The quantitative estimate of drug-likeness (QED) is 0.879. The third-order valence-electron chi connectivity index (χ3n) is 3.67. The molecule has 1 saturated carbocycles. The van der Waals surface area contributed by atoms with Crippen molar-refractivity contribution < 1.29 is 17.9 Å². The van der Waals surface area contributed by atoms with Crippen molar-refractivity contribution in [2.24, 2.45) is 0 Å². The van der Waals surface area contributed by atoms with E-state index in [1.54, 1.807) is 23.5 Å². The Morgan fingerprint density at radius 1 is 1.23 bits per heavy atom. The number of hydrogen-bond acceptors (Lipinski definition) is 5. The first-order valence-electron chi connectivity index (χ1n) is 6.83. The molecule has 22 heavy (non-hydrogen) atoms. The van der Waals surface area contributed by atoms with Crippen LogP contribution in [0.1, 0.15) is 17.2 Å². The van der Waals surface area contributed by atoms with E-state index < -0.39 is 10.0 Å². The van der Waals surface area contributed by atoms with Crippen molar-refractivity contribution in [3.8, 4) is 11.5 Å². The first-order chi connectivity index (χ1) is 10.5. The molecule has 2 unspecified atom stereocenters. The van der Waals surface area contributed by atoms with Gasteiger partial charge in [0.1, 0.15) is 16.4 Å². The highest BCUT2D eigenvalue weighted by Gasteiger charge is 2.42. The zero-order chi connectivity index (χ0) is 15.7. The number of benzene rings is 1. The number of hydrogen-bond donors (Lipinski definition) is 1. The van der Waals surface area contributed by atoms with Crippen molar-refractivity contribution in [3.63, 3.8) is 0 Å². The van der Waals surface area contributed by atoms with Crippen LogP contribution in [0.2, 0.25) is 0 Å². The molecule has 1 aliphatic carbocycles. The van der Waals surface area contributed by atoms with Crippen molar-refractivity contribution in [3.05, 3.63) is 40.6 Å². The van der Waals surface area contributed by atoms with E-state index in [1.165, 1.54) is 25.2 Å². The average molecular weight is 339 g/mol. The van der Waals surface area contributed by atoms with Gasteiger partial charge in [0.05, 0.1) is 14.2 Å². The van der Waals surface area contributed by atoms with Gasteiger partial charge in [-0.05, 0) is 30.0 Å². The second kappa shape index (κ2) is 5.91. The summed E-state index contributed by atoms with van der Waals surface area (Å²) in [4.78, 5) is 1.35. The Labute approximate surface area is 133 Å². The maximum atomic E-state index is 12.5. The van der Waals surface area contributed by atoms with Crippen LogP contribution in [0.5, 0.6) is 11.5 Å². The first kappa shape index (κ1) is 15.3. The molecule has 7 heteroatoms. The number of sulfonamides is 1. The van der Waals surface area contributed by atoms with Crippen molar-refractivity contribution >= 4 is 21.4 Å². The van der Waals surface area contributed by atoms with Crippen LogP contribution in [0.25, 0.3) is 0 Å². The minimum atomic E-state index is -3.61. The molecule has 0 aliphatic heterocycles. The first-order valence-corrected chi connectivity index (χ1v) is 9.19. The fourth-order valence-corrected chi connectivity index (χ4v) is 4.75. The zero-order valence-corrected chi connectivity index (χ0v) is 13.9. The van der Waals surface area contributed by atoms with Crippen LogP contribution in [0.4, 0.5) is 0 Å². The Balaban J connectivity index is 1.79. The normalized spacial score (nSPS) is 20.6. The Bertz CT molecular complexity index is 756. The van der Waals surface area contributed by atoms with Crippen LogP contribution >= 0.6 is 11.3 Å². The van der Waals surface area contributed by atoms with Crippen molar-refractivity contribution in [2.45, 2.75) is 23.3 Å². The van der Waals surface area contributed by atoms with Gasteiger partial charge in [0, 0.05) is 22.9 Å². The van der Waals surface area contributed by atoms with Crippen molar-refractivity contribution in [2.75, 3.05) is 14.2 Å². The zero-order valence-electron chi connectivity index (χ0n) is 12.3. The molecule has 1 N–H and O–H groups in total. The Morgan fingerprint density at radius 2 is 2.05 bits per heavy atom. The lowest BCUT2D eigenvalue weighted by molar-refractivity contribution is 0.386. The molecule has 1 aromatic carbocycles. The lowest BCUT2D eigenvalue weighted by atomic mass is 10.3. The number of nitrogens with one attached hydrogen (secondary N) is 1. The maximum Gasteiger partial charge on any atom is 0.244 e. The standard InChI is InChI=1S/C15H17NO4S2/c1-19-10-5-6-15(13(8-10)20-2)22(17,18)16-12-9-11(12)14-4-3-7-21-14/h3-8,11-12,16H,9H2,1-2H3. The smallest absolute Gasteiger partial charge is 0.244 e.